The van der Waals surface area contributed by atoms with Crippen LogP contribution in [0, 0.1) is 84.7 Å². The van der Waals surface area contributed by atoms with Crippen molar-refractivity contribution >= 4 is 6.21 Å². The number of nitrogens with one attached hydrogen (secondary N) is 1. The van der Waals surface area contributed by atoms with Crippen molar-refractivity contribution in [2.24, 2.45) is 0 Å². The zero-order valence-electron chi connectivity index (χ0n) is 11.7. The van der Waals surface area contributed by atoms with E-state index in [1.54, 1.807) is 42.5 Å². The highest BCUT2D eigenvalue weighted by atomic mass is 14.5. The van der Waals surface area contributed by atoms with Crippen molar-refractivity contribution in [1.82, 2.24) is 0 Å². The quantitative estimate of drug-likeness (QED) is 0.560. The number of rotatable bonds is 1. The van der Waals surface area contributed by atoms with E-state index < -0.39 is 16.7 Å². The van der Waals surface area contributed by atoms with Crippen molar-refractivity contribution in [2.75, 3.05) is 0 Å². The highest BCUT2D eigenvalue weighted by Gasteiger charge is 2.40. The van der Waals surface area contributed by atoms with Gasteiger partial charge in [0, 0.05) is 28.5 Å². The molecule has 1 saturated carbocycles. The van der Waals surface area contributed by atoms with Gasteiger partial charge in [-0.1, -0.05) is 0 Å². The summed E-state index contributed by atoms with van der Waals surface area (Å²) in [6, 6.07) is 11.1. The Morgan fingerprint density at radius 1 is 0.542 bits per heavy atom. The summed E-state index contributed by atoms with van der Waals surface area (Å²) in [6.07, 6.45) is 0.628. The fourth-order valence-corrected chi connectivity index (χ4v) is 2.03. The van der Waals surface area contributed by atoms with Crippen molar-refractivity contribution in [3.05, 3.63) is 44.6 Å². The van der Waals surface area contributed by atoms with Gasteiger partial charge in [-0.2, -0.15) is 36.8 Å². The Morgan fingerprint density at radius 3 is 1.04 bits per heavy atom. The Hall–Kier alpha value is -4.94. The molecule has 0 saturated heterocycles. The third kappa shape index (κ3) is 2.37. The highest BCUT2D eigenvalue weighted by Crippen LogP contribution is 2.50. The molecule has 0 unspecified atom stereocenters. The second kappa shape index (κ2) is 7.18. The lowest BCUT2D eigenvalue weighted by Gasteiger charge is -2.30. The summed E-state index contributed by atoms with van der Waals surface area (Å²) in [4.78, 5) is 0. The molecule has 0 atom stereocenters. The molecule has 1 fully saturated rings. The standard InChI is InChI=1S/C16H2N8/c17-1-9(2-18)13-14(10(3-19)4-20)16(12(7-23)8-24)15(13)11(5-21)6-22/h1,17H. The molecule has 0 aromatic heterocycles. The monoisotopic (exact) mass is 306 g/mol. The zero-order valence-corrected chi connectivity index (χ0v) is 11.7. The van der Waals surface area contributed by atoms with Gasteiger partial charge in [0.05, 0.1) is 5.57 Å². The first-order valence-electron chi connectivity index (χ1n) is 5.89. The fraction of sp³-hybridized carbons (Fsp3) is 0. The minimum Gasteiger partial charge on any atom is -0.307 e. The van der Waals surface area contributed by atoms with Crippen LogP contribution >= 0.6 is 0 Å². The molecule has 1 N–H and O–H groups in total. The van der Waals surface area contributed by atoms with E-state index in [1.807, 2.05) is 0 Å². The number of hydrogen-bond acceptors (Lipinski definition) is 8. The van der Waals surface area contributed by atoms with E-state index in [0.29, 0.717) is 6.21 Å². The van der Waals surface area contributed by atoms with Crippen LogP contribution in [0.15, 0.2) is 44.6 Å². The topological polar surface area (TPSA) is 190 Å². The maximum absolute atomic E-state index is 9.11. The van der Waals surface area contributed by atoms with Gasteiger partial charge in [0.25, 0.3) is 0 Å². The molecule has 24 heavy (non-hydrogen) atoms. The molecule has 8 nitrogen and oxygen atoms in total. The molecule has 0 aromatic rings. The van der Waals surface area contributed by atoms with Crippen LogP contribution in [-0.4, -0.2) is 6.21 Å². The van der Waals surface area contributed by atoms with Crippen LogP contribution in [0.25, 0.3) is 0 Å². The van der Waals surface area contributed by atoms with Crippen LogP contribution in [0.4, 0.5) is 0 Å². The van der Waals surface area contributed by atoms with Crippen molar-refractivity contribution in [1.29, 1.82) is 42.2 Å². The maximum atomic E-state index is 9.11. The molecule has 0 bridgehead atoms. The van der Waals surface area contributed by atoms with Crippen LogP contribution in [-0.2, 0) is 0 Å². The summed E-state index contributed by atoms with van der Waals surface area (Å²) in [7, 11) is 0. The first-order chi connectivity index (χ1) is 11.6. The Bertz CT molecular complexity index is 972. The lowest BCUT2D eigenvalue weighted by molar-refractivity contribution is 1.17. The second-order valence-electron chi connectivity index (χ2n) is 3.97. The zero-order chi connectivity index (χ0) is 18.3. The Morgan fingerprint density at radius 2 is 0.833 bits per heavy atom. The third-order valence-electron chi connectivity index (χ3n) is 2.95. The molecular weight excluding hydrogens is 304 g/mol. The molecule has 0 aromatic carbocycles. The number of allylic oxidation sites excluding steroid dienone is 8. The van der Waals surface area contributed by atoms with Crippen LogP contribution in [0.1, 0.15) is 0 Å². The summed E-state index contributed by atoms with van der Waals surface area (Å²) in [6.45, 7) is 0. The van der Waals surface area contributed by atoms with Crippen molar-refractivity contribution in [3.8, 4) is 42.5 Å². The Kier molecular flexibility index (Phi) is 5.12. The van der Waals surface area contributed by atoms with Crippen LogP contribution in [0.2, 0.25) is 0 Å². The van der Waals surface area contributed by atoms with Gasteiger partial charge in [-0.15, -0.1) is 0 Å². The normalized spacial score (nSPS) is 10.9. The second-order valence-corrected chi connectivity index (χ2v) is 3.97. The van der Waals surface area contributed by atoms with Crippen LogP contribution in [0.5, 0.6) is 0 Å². The predicted octanol–water partition coefficient (Wildman–Crippen LogP) is 1.50. The summed E-state index contributed by atoms with van der Waals surface area (Å²) in [5, 5.41) is 70.7. The van der Waals surface area contributed by atoms with Gasteiger partial charge in [-0.25, -0.2) is 0 Å². The van der Waals surface area contributed by atoms with Gasteiger partial charge < -0.3 is 5.41 Å². The van der Waals surface area contributed by atoms with Gasteiger partial charge in [0.1, 0.15) is 59.2 Å². The summed E-state index contributed by atoms with van der Waals surface area (Å²) in [5.41, 5.74) is -2.61. The van der Waals surface area contributed by atoms with E-state index in [-0.39, 0.29) is 27.9 Å². The Balaban J connectivity index is 4.30. The molecule has 8 heteroatoms. The van der Waals surface area contributed by atoms with Crippen LogP contribution in [0.3, 0.4) is 0 Å². The van der Waals surface area contributed by atoms with E-state index in [4.69, 9.17) is 42.2 Å². The lowest BCUT2D eigenvalue weighted by atomic mass is 9.67. The van der Waals surface area contributed by atoms with Crippen molar-refractivity contribution < 1.29 is 0 Å². The van der Waals surface area contributed by atoms with Gasteiger partial charge in [0.2, 0.25) is 0 Å². The maximum Gasteiger partial charge on any atom is 0.138 e. The molecule has 1 aliphatic carbocycles. The molecule has 106 valence electrons. The van der Waals surface area contributed by atoms with Gasteiger partial charge in [-0.3, -0.25) is 0 Å². The summed E-state index contributed by atoms with van der Waals surface area (Å²) in [5.74, 6) is 0. The largest absolute Gasteiger partial charge is 0.307 e. The SMILES string of the molecule is N#CC(C#N)=C1C(=C(C#N)C#N)C(=C(C#N)C=N)C1=C(C#N)C#N. The number of hydrogen-bond donors (Lipinski definition) is 1. The first kappa shape index (κ1) is 17.1. The average Bonchev–Trinajstić information content (AvgIpc) is 2.62. The minimum absolute atomic E-state index is 0.151. The predicted molar refractivity (Wildman–Crippen MR) is 76.2 cm³/mol. The lowest BCUT2D eigenvalue weighted by Crippen LogP contribution is -2.21. The fourth-order valence-electron chi connectivity index (χ4n) is 2.03. The van der Waals surface area contributed by atoms with Gasteiger partial charge in [0.15, 0.2) is 0 Å². The molecule has 0 amide bonds. The summed E-state index contributed by atoms with van der Waals surface area (Å²) >= 11 is 0. The third-order valence-corrected chi connectivity index (χ3v) is 2.95. The average molecular weight is 306 g/mol. The molecule has 0 aliphatic heterocycles. The van der Waals surface area contributed by atoms with Crippen molar-refractivity contribution in [3.63, 3.8) is 0 Å². The van der Waals surface area contributed by atoms with E-state index >= 15 is 0 Å². The van der Waals surface area contributed by atoms with Crippen molar-refractivity contribution in [2.45, 2.75) is 0 Å². The number of nitriles is 7. The molecule has 0 radical (unpaired) electrons. The van der Waals surface area contributed by atoms with E-state index in [1.165, 1.54) is 0 Å². The van der Waals surface area contributed by atoms with E-state index in [9.17, 15) is 0 Å². The molecule has 1 rings (SSSR count). The van der Waals surface area contributed by atoms with Crippen LogP contribution < -0.4 is 0 Å². The Labute approximate surface area is 136 Å². The first-order valence-corrected chi connectivity index (χ1v) is 5.89. The highest BCUT2D eigenvalue weighted by molar-refractivity contribution is 5.96. The van der Waals surface area contributed by atoms with E-state index in [2.05, 4.69) is 0 Å². The molecule has 0 heterocycles. The minimum atomic E-state index is -0.517. The van der Waals surface area contributed by atoms with Gasteiger partial charge in [-0.05, 0) is 0 Å². The summed E-state index contributed by atoms with van der Waals surface area (Å²) < 4.78 is 0. The molecule has 1 aliphatic rings. The molecule has 0 spiro atoms. The van der Waals surface area contributed by atoms with E-state index in [0.717, 1.165) is 0 Å². The van der Waals surface area contributed by atoms with Gasteiger partial charge >= 0.3 is 0 Å². The smallest absolute Gasteiger partial charge is 0.138 e. The number of nitrogens with zero attached hydrogens (tertiary/aromatic N) is 7. The molecular formula is C16H2N8.